The van der Waals surface area contributed by atoms with Crippen LogP contribution in [0.5, 0.6) is 5.75 Å². The molecule has 0 spiro atoms. The highest BCUT2D eigenvalue weighted by Gasteiger charge is 2.17. The highest BCUT2D eigenvalue weighted by atomic mass is 19.1. The Balaban J connectivity index is 2.49. The third-order valence-corrected chi connectivity index (χ3v) is 1.89. The molecule has 0 aromatic heterocycles. The molecule has 13 heavy (non-hydrogen) atoms. The average Bonchev–Trinajstić information content (AvgIpc) is 2.08. The summed E-state index contributed by atoms with van der Waals surface area (Å²) < 4.78 is 18.0. The molecule has 1 amide bonds. The van der Waals surface area contributed by atoms with E-state index in [2.05, 4.69) is 5.32 Å². The van der Waals surface area contributed by atoms with Gasteiger partial charge in [-0.15, -0.1) is 0 Å². The Bertz CT molecular complexity index is 376. The second-order valence-electron chi connectivity index (χ2n) is 2.93. The van der Waals surface area contributed by atoms with Crippen LogP contribution in [0.15, 0.2) is 12.1 Å². The normalized spacial score (nSPS) is 14.5. The van der Waals surface area contributed by atoms with E-state index < -0.39 is 0 Å². The van der Waals surface area contributed by atoms with Crippen molar-refractivity contribution in [3.8, 4) is 5.75 Å². The molecule has 0 saturated heterocycles. The Hall–Kier alpha value is -1.58. The maximum Gasteiger partial charge on any atom is 0.262 e. The summed E-state index contributed by atoms with van der Waals surface area (Å²) in [4.78, 5) is 10.9. The van der Waals surface area contributed by atoms with Gasteiger partial charge in [0.05, 0.1) is 5.69 Å². The van der Waals surface area contributed by atoms with Gasteiger partial charge in [-0.2, -0.15) is 0 Å². The number of rotatable bonds is 0. The second-order valence-corrected chi connectivity index (χ2v) is 2.93. The summed E-state index contributed by atoms with van der Waals surface area (Å²) >= 11 is 0. The topological polar surface area (TPSA) is 38.3 Å². The van der Waals surface area contributed by atoms with Gasteiger partial charge in [0.1, 0.15) is 11.6 Å². The minimum atomic E-state index is -0.324. The zero-order valence-electron chi connectivity index (χ0n) is 7.06. The van der Waals surface area contributed by atoms with E-state index in [1.165, 1.54) is 6.07 Å². The zero-order chi connectivity index (χ0) is 9.42. The number of benzene rings is 1. The molecule has 0 bridgehead atoms. The quantitative estimate of drug-likeness (QED) is 0.658. The van der Waals surface area contributed by atoms with Crippen molar-refractivity contribution in [3.05, 3.63) is 23.5 Å². The average molecular weight is 181 g/mol. The molecular formula is C9H8FNO2. The highest BCUT2D eigenvalue weighted by molar-refractivity contribution is 5.95. The Morgan fingerprint density at radius 2 is 2.31 bits per heavy atom. The Morgan fingerprint density at radius 3 is 3.08 bits per heavy atom. The number of anilines is 1. The Kier molecular flexibility index (Phi) is 1.69. The van der Waals surface area contributed by atoms with Gasteiger partial charge in [-0.3, -0.25) is 4.79 Å². The predicted molar refractivity (Wildman–Crippen MR) is 45.3 cm³/mol. The van der Waals surface area contributed by atoms with Gasteiger partial charge in [0, 0.05) is 6.07 Å². The minimum absolute atomic E-state index is 0.0461. The van der Waals surface area contributed by atoms with Gasteiger partial charge in [-0.1, -0.05) is 0 Å². The molecule has 1 aliphatic rings. The fourth-order valence-electron chi connectivity index (χ4n) is 1.21. The fraction of sp³-hybridized carbons (Fsp3) is 0.222. The first-order valence-corrected chi connectivity index (χ1v) is 3.89. The Morgan fingerprint density at radius 1 is 1.54 bits per heavy atom. The van der Waals surface area contributed by atoms with E-state index >= 15 is 0 Å². The molecular weight excluding hydrogens is 173 g/mol. The molecule has 2 rings (SSSR count). The summed E-state index contributed by atoms with van der Waals surface area (Å²) in [5.74, 6) is -0.142. The number of halogens is 1. The van der Waals surface area contributed by atoms with Crippen LogP contribution in [0.3, 0.4) is 0 Å². The van der Waals surface area contributed by atoms with Crippen LogP contribution in [0, 0.1) is 12.7 Å². The van der Waals surface area contributed by atoms with E-state index in [0.29, 0.717) is 17.0 Å². The zero-order valence-corrected chi connectivity index (χ0v) is 7.06. The molecule has 1 N–H and O–H groups in total. The van der Waals surface area contributed by atoms with Crippen LogP contribution < -0.4 is 10.1 Å². The van der Waals surface area contributed by atoms with Crippen molar-refractivity contribution < 1.29 is 13.9 Å². The number of carbonyl (C=O) groups excluding carboxylic acids is 1. The molecule has 1 aromatic rings. The van der Waals surface area contributed by atoms with Gasteiger partial charge < -0.3 is 10.1 Å². The molecule has 0 atom stereocenters. The van der Waals surface area contributed by atoms with Gasteiger partial charge >= 0.3 is 0 Å². The van der Waals surface area contributed by atoms with E-state index in [9.17, 15) is 9.18 Å². The van der Waals surface area contributed by atoms with Gasteiger partial charge in [0.2, 0.25) is 0 Å². The van der Waals surface area contributed by atoms with Gasteiger partial charge in [-0.05, 0) is 18.6 Å². The number of hydrogen-bond acceptors (Lipinski definition) is 2. The number of carbonyl (C=O) groups is 1. The first-order valence-electron chi connectivity index (χ1n) is 3.89. The highest BCUT2D eigenvalue weighted by Crippen LogP contribution is 2.29. The van der Waals surface area contributed by atoms with Gasteiger partial charge in [0.15, 0.2) is 6.61 Å². The molecule has 0 saturated carbocycles. The van der Waals surface area contributed by atoms with Crippen LogP contribution in [0.1, 0.15) is 5.56 Å². The first kappa shape index (κ1) is 8.04. The lowest BCUT2D eigenvalue weighted by Crippen LogP contribution is -2.25. The van der Waals surface area contributed by atoms with Crippen molar-refractivity contribution >= 4 is 11.6 Å². The van der Waals surface area contributed by atoms with Crippen LogP contribution in [0.2, 0.25) is 0 Å². The molecule has 0 fully saturated rings. The molecule has 0 unspecified atom stereocenters. The molecule has 1 aliphatic heterocycles. The monoisotopic (exact) mass is 181 g/mol. The van der Waals surface area contributed by atoms with Crippen molar-refractivity contribution in [2.75, 3.05) is 11.9 Å². The maximum absolute atomic E-state index is 13.0. The van der Waals surface area contributed by atoms with E-state index in [0.717, 1.165) is 0 Å². The van der Waals surface area contributed by atoms with Crippen LogP contribution in [-0.2, 0) is 4.79 Å². The van der Waals surface area contributed by atoms with E-state index in [1.54, 1.807) is 13.0 Å². The first-order chi connectivity index (χ1) is 6.16. The van der Waals surface area contributed by atoms with Crippen LogP contribution in [0.4, 0.5) is 10.1 Å². The lowest BCUT2D eigenvalue weighted by Gasteiger charge is -2.18. The summed E-state index contributed by atoms with van der Waals surface area (Å²) in [5, 5.41) is 2.60. The van der Waals surface area contributed by atoms with Crippen LogP contribution in [0.25, 0.3) is 0 Å². The van der Waals surface area contributed by atoms with E-state index in [-0.39, 0.29) is 18.3 Å². The lowest BCUT2D eigenvalue weighted by molar-refractivity contribution is -0.118. The van der Waals surface area contributed by atoms with E-state index in [1.807, 2.05) is 0 Å². The summed E-state index contributed by atoms with van der Waals surface area (Å²) in [6.45, 7) is 1.59. The summed E-state index contributed by atoms with van der Waals surface area (Å²) in [7, 11) is 0. The standard InChI is InChI=1S/C9H8FNO2/c1-5-2-7-8(3-6(5)10)13-4-9(12)11-7/h2-3H,4H2,1H3,(H,11,12). The summed E-state index contributed by atoms with van der Waals surface area (Å²) in [5.41, 5.74) is 1.03. The number of fused-ring (bicyclic) bond motifs is 1. The lowest BCUT2D eigenvalue weighted by atomic mass is 10.2. The molecule has 1 aromatic carbocycles. The molecule has 0 radical (unpaired) electrons. The molecule has 3 nitrogen and oxygen atoms in total. The number of aryl methyl sites for hydroxylation is 1. The smallest absolute Gasteiger partial charge is 0.262 e. The van der Waals surface area contributed by atoms with Crippen LogP contribution >= 0.6 is 0 Å². The number of amides is 1. The SMILES string of the molecule is Cc1cc2c(cc1F)OCC(=O)N2. The van der Waals surface area contributed by atoms with Crippen molar-refractivity contribution in [1.82, 2.24) is 0 Å². The molecule has 1 heterocycles. The third-order valence-electron chi connectivity index (χ3n) is 1.89. The predicted octanol–water partition coefficient (Wildman–Crippen LogP) is 1.47. The third kappa shape index (κ3) is 1.35. The van der Waals surface area contributed by atoms with Crippen molar-refractivity contribution in [2.24, 2.45) is 0 Å². The van der Waals surface area contributed by atoms with Gasteiger partial charge in [-0.25, -0.2) is 4.39 Å². The van der Waals surface area contributed by atoms with E-state index in [4.69, 9.17) is 4.74 Å². The fourth-order valence-corrected chi connectivity index (χ4v) is 1.21. The minimum Gasteiger partial charge on any atom is -0.481 e. The summed E-state index contributed by atoms with van der Waals surface area (Å²) in [6, 6.07) is 2.84. The second kappa shape index (κ2) is 2.73. The maximum atomic E-state index is 13.0. The number of hydrogen-bond donors (Lipinski definition) is 1. The Labute approximate surface area is 74.5 Å². The molecule has 0 aliphatic carbocycles. The number of nitrogens with one attached hydrogen (secondary N) is 1. The molecule has 68 valence electrons. The van der Waals surface area contributed by atoms with Crippen molar-refractivity contribution in [1.29, 1.82) is 0 Å². The van der Waals surface area contributed by atoms with Crippen molar-refractivity contribution in [3.63, 3.8) is 0 Å². The van der Waals surface area contributed by atoms with Crippen molar-refractivity contribution in [2.45, 2.75) is 6.92 Å². The van der Waals surface area contributed by atoms with Gasteiger partial charge in [0.25, 0.3) is 5.91 Å². The van der Waals surface area contributed by atoms with Crippen LogP contribution in [-0.4, -0.2) is 12.5 Å². The molecule has 4 heteroatoms. The summed E-state index contributed by atoms with van der Waals surface area (Å²) in [6.07, 6.45) is 0. The number of ether oxygens (including phenoxy) is 1. The largest absolute Gasteiger partial charge is 0.481 e.